The first kappa shape index (κ1) is 17.4. The summed E-state index contributed by atoms with van der Waals surface area (Å²) < 4.78 is 31.2. The second-order valence-electron chi connectivity index (χ2n) is 5.29. The van der Waals surface area contributed by atoms with Gasteiger partial charge >= 0.3 is 11.9 Å². The number of carboxylic acids is 1. The van der Waals surface area contributed by atoms with Gasteiger partial charge in [0.25, 0.3) is 0 Å². The van der Waals surface area contributed by atoms with Crippen LogP contribution in [-0.2, 0) is 19.6 Å². The van der Waals surface area contributed by atoms with E-state index in [0.717, 1.165) is 0 Å². The molecule has 0 amide bonds. The molecular formula is C15H19NO6S. The molecule has 23 heavy (non-hydrogen) atoms. The highest BCUT2D eigenvalue weighted by Gasteiger charge is 2.33. The first-order chi connectivity index (χ1) is 10.9. The van der Waals surface area contributed by atoms with Crippen molar-refractivity contribution in [1.82, 2.24) is 4.31 Å². The predicted molar refractivity (Wildman–Crippen MR) is 81.5 cm³/mol. The SMILES string of the molecule is CCOC(=O)c1ccc(S(=O)(=O)N2CCCC(C(=O)O)C2)cc1. The normalized spacial score (nSPS) is 19.3. The molecule has 1 fully saturated rings. The Morgan fingerprint density at radius 1 is 1.30 bits per heavy atom. The monoisotopic (exact) mass is 341 g/mol. The zero-order valence-electron chi connectivity index (χ0n) is 12.8. The number of piperidine rings is 1. The molecule has 8 heteroatoms. The highest BCUT2D eigenvalue weighted by Crippen LogP contribution is 2.24. The van der Waals surface area contributed by atoms with E-state index >= 15 is 0 Å². The molecule has 1 aliphatic rings. The van der Waals surface area contributed by atoms with Crippen LogP contribution in [0, 0.1) is 5.92 Å². The van der Waals surface area contributed by atoms with E-state index in [1.807, 2.05) is 0 Å². The zero-order chi connectivity index (χ0) is 17.0. The van der Waals surface area contributed by atoms with Crippen molar-refractivity contribution in [2.24, 2.45) is 5.92 Å². The molecule has 0 radical (unpaired) electrons. The fourth-order valence-electron chi connectivity index (χ4n) is 2.49. The molecule has 1 heterocycles. The van der Waals surface area contributed by atoms with E-state index in [-0.39, 0.29) is 23.6 Å². The Bertz CT molecular complexity index is 682. The number of aliphatic carboxylic acids is 1. The summed E-state index contributed by atoms with van der Waals surface area (Å²) in [6, 6.07) is 5.46. The maximum Gasteiger partial charge on any atom is 0.338 e. The summed E-state index contributed by atoms with van der Waals surface area (Å²) in [5.74, 6) is -2.18. The summed E-state index contributed by atoms with van der Waals surface area (Å²) in [6.45, 7) is 2.19. The van der Waals surface area contributed by atoms with Gasteiger partial charge in [-0.1, -0.05) is 0 Å². The third kappa shape index (κ3) is 3.89. The van der Waals surface area contributed by atoms with E-state index < -0.39 is 27.9 Å². The van der Waals surface area contributed by atoms with Crippen LogP contribution < -0.4 is 0 Å². The van der Waals surface area contributed by atoms with Gasteiger partial charge in [0, 0.05) is 13.1 Å². The van der Waals surface area contributed by atoms with Gasteiger partial charge in [0.2, 0.25) is 10.0 Å². The number of carboxylic acid groups (broad SMARTS) is 1. The number of hydrogen-bond acceptors (Lipinski definition) is 5. The van der Waals surface area contributed by atoms with Crippen LogP contribution in [0.2, 0.25) is 0 Å². The van der Waals surface area contributed by atoms with Crippen molar-refractivity contribution in [3.8, 4) is 0 Å². The Morgan fingerprint density at radius 3 is 2.52 bits per heavy atom. The molecule has 1 aromatic carbocycles. The number of benzene rings is 1. The van der Waals surface area contributed by atoms with E-state index in [0.29, 0.717) is 19.4 Å². The predicted octanol–water partition coefficient (Wildman–Crippen LogP) is 1.35. The number of carbonyl (C=O) groups is 2. The van der Waals surface area contributed by atoms with Gasteiger partial charge in [0.05, 0.1) is 23.0 Å². The highest BCUT2D eigenvalue weighted by molar-refractivity contribution is 7.89. The molecule has 7 nitrogen and oxygen atoms in total. The number of hydrogen-bond donors (Lipinski definition) is 1. The maximum absolute atomic E-state index is 12.6. The van der Waals surface area contributed by atoms with Crippen LogP contribution in [0.5, 0.6) is 0 Å². The van der Waals surface area contributed by atoms with Gasteiger partial charge in [-0.15, -0.1) is 0 Å². The van der Waals surface area contributed by atoms with E-state index in [1.165, 1.54) is 28.6 Å². The molecule has 1 aromatic rings. The fraction of sp³-hybridized carbons (Fsp3) is 0.467. The fourth-order valence-corrected chi connectivity index (χ4v) is 4.01. The number of ether oxygens (including phenoxy) is 1. The molecule has 0 aromatic heterocycles. The minimum absolute atomic E-state index is 0.0305. The van der Waals surface area contributed by atoms with Crippen LogP contribution in [0.1, 0.15) is 30.1 Å². The lowest BCUT2D eigenvalue weighted by Gasteiger charge is -2.29. The second kappa shape index (κ2) is 7.10. The highest BCUT2D eigenvalue weighted by atomic mass is 32.2. The van der Waals surface area contributed by atoms with E-state index in [9.17, 15) is 18.0 Å². The Balaban J connectivity index is 2.19. The molecule has 1 atom stereocenters. The molecule has 126 valence electrons. The lowest BCUT2D eigenvalue weighted by molar-refractivity contribution is -0.142. The average Bonchev–Trinajstić information content (AvgIpc) is 2.55. The molecule has 1 unspecified atom stereocenters. The summed E-state index contributed by atoms with van der Waals surface area (Å²) in [5, 5.41) is 9.07. The van der Waals surface area contributed by atoms with E-state index in [1.54, 1.807) is 6.92 Å². The zero-order valence-corrected chi connectivity index (χ0v) is 13.6. The Labute approximate surface area is 134 Å². The third-order valence-corrected chi connectivity index (χ3v) is 5.62. The molecule has 0 bridgehead atoms. The van der Waals surface area contributed by atoms with Crippen LogP contribution in [0.25, 0.3) is 0 Å². The van der Waals surface area contributed by atoms with Crippen LogP contribution in [0.15, 0.2) is 29.2 Å². The van der Waals surface area contributed by atoms with Gasteiger partial charge < -0.3 is 9.84 Å². The number of sulfonamides is 1. The van der Waals surface area contributed by atoms with E-state index in [4.69, 9.17) is 9.84 Å². The summed E-state index contributed by atoms with van der Waals surface area (Å²) in [6.07, 6.45) is 0.986. The van der Waals surface area contributed by atoms with Gasteiger partial charge in [-0.2, -0.15) is 4.31 Å². The maximum atomic E-state index is 12.6. The standard InChI is InChI=1S/C15H19NO6S/c1-2-22-15(19)11-5-7-13(8-6-11)23(20,21)16-9-3-4-12(10-16)14(17)18/h5-8,12H,2-4,9-10H2,1H3,(H,17,18). The van der Waals surface area contributed by atoms with Crippen molar-refractivity contribution in [3.63, 3.8) is 0 Å². The number of nitrogens with zero attached hydrogens (tertiary/aromatic N) is 1. The number of carbonyl (C=O) groups excluding carboxylic acids is 1. The smallest absolute Gasteiger partial charge is 0.338 e. The molecule has 1 aliphatic heterocycles. The molecule has 1 saturated heterocycles. The Morgan fingerprint density at radius 2 is 1.96 bits per heavy atom. The summed E-state index contributed by atoms with van der Waals surface area (Å²) in [4.78, 5) is 22.7. The minimum Gasteiger partial charge on any atom is -0.481 e. The lowest BCUT2D eigenvalue weighted by atomic mass is 10.0. The Kier molecular flexibility index (Phi) is 5.38. The number of rotatable bonds is 5. The topological polar surface area (TPSA) is 101 Å². The average molecular weight is 341 g/mol. The van der Waals surface area contributed by atoms with Gasteiger partial charge in [-0.3, -0.25) is 4.79 Å². The molecule has 0 saturated carbocycles. The van der Waals surface area contributed by atoms with Crippen molar-refractivity contribution < 1.29 is 27.9 Å². The van der Waals surface area contributed by atoms with Gasteiger partial charge in [0.1, 0.15) is 0 Å². The first-order valence-electron chi connectivity index (χ1n) is 7.36. The van der Waals surface area contributed by atoms with E-state index in [2.05, 4.69) is 0 Å². The van der Waals surface area contributed by atoms with Crippen LogP contribution in [-0.4, -0.2) is 49.5 Å². The first-order valence-corrected chi connectivity index (χ1v) is 8.80. The van der Waals surface area contributed by atoms with Crippen molar-refractivity contribution >= 4 is 22.0 Å². The minimum atomic E-state index is -3.77. The summed E-state index contributed by atoms with van der Waals surface area (Å²) in [5.41, 5.74) is 0.271. The van der Waals surface area contributed by atoms with Crippen molar-refractivity contribution in [1.29, 1.82) is 0 Å². The molecule has 0 aliphatic carbocycles. The van der Waals surface area contributed by atoms with Crippen LogP contribution in [0.4, 0.5) is 0 Å². The van der Waals surface area contributed by atoms with Crippen molar-refractivity contribution in [3.05, 3.63) is 29.8 Å². The molecule has 2 rings (SSSR count). The largest absolute Gasteiger partial charge is 0.481 e. The number of esters is 1. The van der Waals surface area contributed by atoms with Gasteiger partial charge in [-0.05, 0) is 44.0 Å². The summed E-state index contributed by atoms with van der Waals surface area (Å²) >= 11 is 0. The molecule has 0 spiro atoms. The van der Waals surface area contributed by atoms with Crippen molar-refractivity contribution in [2.45, 2.75) is 24.7 Å². The van der Waals surface area contributed by atoms with Gasteiger partial charge in [0.15, 0.2) is 0 Å². The molecule has 1 N–H and O–H groups in total. The lowest BCUT2D eigenvalue weighted by Crippen LogP contribution is -2.42. The van der Waals surface area contributed by atoms with Crippen molar-refractivity contribution in [2.75, 3.05) is 19.7 Å². The quantitative estimate of drug-likeness (QED) is 0.811. The van der Waals surface area contributed by atoms with Crippen LogP contribution >= 0.6 is 0 Å². The van der Waals surface area contributed by atoms with Gasteiger partial charge in [-0.25, -0.2) is 13.2 Å². The van der Waals surface area contributed by atoms with Crippen LogP contribution in [0.3, 0.4) is 0 Å². The second-order valence-corrected chi connectivity index (χ2v) is 7.22. The molecular weight excluding hydrogens is 322 g/mol. The Hall–Kier alpha value is -1.93. The third-order valence-electron chi connectivity index (χ3n) is 3.74. The summed E-state index contributed by atoms with van der Waals surface area (Å²) in [7, 11) is -3.77.